The minimum Gasteiger partial charge on any atom is -0.328 e. The third kappa shape index (κ3) is 4.24. The van der Waals surface area contributed by atoms with Crippen LogP contribution < -0.4 is 5.56 Å². The number of amides is 1. The van der Waals surface area contributed by atoms with Crippen molar-refractivity contribution >= 4 is 16.8 Å². The fraction of sp³-hybridized carbons (Fsp3) is 0.375. The molecular formula is C24H29N3O2. The third-order valence-electron chi connectivity index (χ3n) is 5.17. The normalized spacial score (nSPS) is 12.3. The highest BCUT2D eigenvalue weighted by molar-refractivity contribution is 5.94. The molecule has 29 heavy (non-hydrogen) atoms. The van der Waals surface area contributed by atoms with E-state index < -0.39 is 0 Å². The predicted molar refractivity (Wildman–Crippen MR) is 117 cm³/mol. The van der Waals surface area contributed by atoms with Crippen molar-refractivity contribution in [1.82, 2.24) is 14.5 Å². The average Bonchev–Trinajstić information content (AvgIpc) is 2.71. The van der Waals surface area contributed by atoms with Crippen LogP contribution in [-0.2, 0) is 6.54 Å². The molecule has 0 saturated carbocycles. The van der Waals surface area contributed by atoms with Gasteiger partial charge in [0.2, 0.25) is 0 Å². The number of rotatable bonds is 6. The monoisotopic (exact) mass is 391 g/mol. The number of hydrogen-bond donors (Lipinski definition) is 0. The van der Waals surface area contributed by atoms with E-state index in [4.69, 9.17) is 4.98 Å². The van der Waals surface area contributed by atoms with E-state index in [0.29, 0.717) is 35.4 Å². The number of nitrogens with zero attached hydrogens (tertiary/aromatic N) is 3. The van der Waals surface area contributed by atoms with Gasteiger partial charge in [0.05, 0.1) is 16.9 Å². The molecule has 0 fully saturated rings. The largest absolute Gasteiger partial charge is 0.328 e. The molecule has 3 aromatic rings. The van der Waals surface area contributed by atoms with Gasteiger partial charge in [-0.3, -0.25) is 14.2 Å². The summed E-state index contributed by atoms with van der Waals surface area (Å²) in [5, 5.41) is 0.602. The van der Waals surface area contributed by atoms with Crippen molar-refractivity contribution in [2.24, 2.45) is 5.92 Å². The van der Waals surface area contributed by atoms with Gasteiger partial charge in [-0.1, -0.05) is 43.7 Å². The van der Waals surface area contributed by atoms with Gasteiger partial charge < -0.3 is 4.90 Å². The second-order valence-corrected chi connectivity index (χ2v) is 7.93. The molecule has 0 N–H and O–H groups in total. The van der Waals surface area contributed by atoms with Gasteiger partial charge in [0.15, 0.2) is 0 Å². The Hall–Kier alpha value is -2.95. The summed E-state index contributed by atoms with van der Waals surface area (Å²) >= 11 is 0. The highest BCUT2D eigenvalue weighted by Gasteiger charge is 2.27. The van der Waals surface area contributed by atoms with Crippen molar-refractivity contribution in [1.29, 1.82) is 0 Å². The molecule has 152 valence electrons. The summed E-state index contributed by atoms with van der Waals surface area (Å²) in [4.78, 5) is 33.0. The first kappa shape index (κ1) is 20.8. The number of carbonyl (C=O) groups excluding carboxylic acids is 1. The first-order valence-electron chi connectivity index (χ1n) is 10.2. The van der Waals surface area contributed by atoms with Crippen LogP contribution >= 0.6 is 0 Å². The lowest BCUT2D eigenvalue weighted by Crippen LogP contribution is -2.39. The summed E-state index contributed by atoms with van der Waals surface area (Å²) in [5.74, 6) is 0.864. The van der Waals surface area contributed by atoms with E-state index in [9.17, 15) is 9.59 Å². The molecule has 0 aliphatic carbocycles. The topological polar surface area (TPSA) is 55.2 Å². The molecule has 3 rings (SSSR count). The molecule has 0 aliphatic heterocycles. The summed E-state index contributed by atoms with van der Waals surface area (Å²) < 4.78 is 1.68. The zero-order chi connectivity index (χ0) is 21.1. The Morgan fingerprint density at radius 2 is 1.72 bits per heavy atom. The minimum atomic E-state index is -0.330. The molecule has 5 heteroatoms. The summed E-state index contributed by atoms with van der Waals surface area (Å²) in [7, 11) is 0. The first-order valence-corrected chi connectivity index (χ1v) is 10.2. The van der Waals surface area contributed by atoms with E-state index >= 15 is 0 Å². The van der Waals surface area contributed by atoms with Crippen LogP contribution in [0.5, 0.6) is 0 Å². The van der Waals surface area contributed by atoms with E-state index in [-0.39, 0.29) is 23.4 Å². The van der Waals surface area contributed by atoms with Crippen molar-refractivity contribution in [2.45, 2.75) is 47.2 Å². The lowest BCUT2D eigenvalue weighted by atomic mass is 10.1. The van der Waals surface area contributed by atoms with Gasteiger partial charge in [0, 0.05) is 18.7 Å². The van der Waals surface area contributed by atoms with E-state index in [0.717, 1.165) is 5.56 Å². The second kappa shape index (κ2) is 8.60. The van der Waals surface area contributed by atoms with Crippen LogP contribution in [0.2, 0.25) is 0 Å². The van der Waals surface area contributed by atoms with Crippen molar-refractivity contribution in [3.8, 4) is 0 Å². The average molecular weight is 392 g/mol. The van der Waals surface area contributed by atoms with Gasteiger partial charge in [0.25, 0.3) is 11.5 Å². The lowest BCUT2D eigenvalue weighted by molar-refractivity contribution is 0.0653. The maximum atomic E-state index is 13.4. The highest BCUT2D eigenvalue weighted by Crippen LogP contribution is 2.23. The van der Waals surface area contributed by atoms with E-state index in [1.165, 1.54) is 0 Å². The van der Waals surface area contributed by atoms with Gasteiger partial charge in [0.1, 0.15) is 5.82 Å². The standard InChI is InChI=1S/C24H29N3O2/c1-6-26-22(25-21-10-8-7-9-20(21)24(26)29)18(5)27(15-16(2)3)23(28)19-13-11-17(4)12-14-19/h7-14,16,18H,6,15H2,1-5H3. The number of para-hydroxylation sites is 1. The molecule has 1 unspecified atom stereocenters. The Morgan fingerprint density at radius 1 is 1.07 bits per heavy atom. The Kier molecular flexibility index (Phi) is 6.16. The van der Waals surface area contributed by atoms with Gasteiger partial charge >= 0.3 is 0 Å². The van der Waals surface area contributed by atoms with Crippen molar-refractivity contribution in [3.63, 3.8) is 0 Å². The molecule has 0 radical (unpaired) electrons. The van der Waals surface area contributed by atoms with E-state index in [2.05, 4.69) is 13.8 Å². The second-order valence-electron chi connectivity index (χ2n) is 7.93. The molecule has 1 amide bonds. The highest BCUT2D eigenvalue weighted by atomic mass is 16.2. The third-order valence-corrected chi connectivity index (χ3v) is 5.17. The number of benzene rings is 2. The Morgan fingerprint density at radius 3 is 2.34 bits per heavy atom. The van der Waals surface area contributed by atoms with Crippen molar-refractivity contribution in [3.05, 3.63) is 75.8 Å². The number of aromatic nitrogens is 2. The molecule has 1 heterocycles. The van der Waals surface area contributed by atoms with E-state index in [1.54, 1.807) is 10.6 Å². The predicted octanol–water partition coefficient (Wildman–Crippen LogP) is 4.58. The van der Waals surface area contributed by atoms with Crippen molar-refractivity contribution < 1.29 is 4.79 Å². The Labute approximate surface area is 172 Å². The van der Waals surface area contributed by atoms with Gasteiger partial charge in [-0.25, -0.2) is 4.98 Å². The molecule has 0 saturated heterocycles. The maximum Gasteiger partial charge on any atom is 0.261 e. The van der Waals surface area contributed by atoms with Gasteiger partial charge in [-0.2, -0.15) is 0 Å². The van der Waals surface area contributed by atoms with Crippen molar-refractivity contribution in [2.75, 3.05) is 6.54 Å². The van der Waals surface area contributed by atoms with Crippen LogP contribution in [0.15, 0.2) is 53.3 Å². The summed E-state index contributed by atoms with van der Waals surface area (Å²) in [6.45, 7) is 11.2. The Bertz CT molecular complexity index is 1070. The van der Waals surface area contributed by atoms with Crippen LogP contribution in [-0.4, -0.2) is 26.9 Å². The van der Waals surface area contributed by atoms with Crippen LogP contribution in [0.4, 0.5) is 0 Å². The maximum absolute atomic E-state index is 13.4. The molecule has 0 bridgehead atoms. The fourth-order valence-corrected chi connectivity index (χ4v) is 3.62. The molecule has 0 aliphatic rings. The van der Waals surface area contributed by atoms with E-state index in [1.807, 2.05) is 68.1 Å². The number of hydrogen-bond acceptors (Lipinski definition) is 3. The number of aryl methyl sites for hydroxylation is 1. The molecule has 1 atom stereocenters. The molecule has 1 aromatic heterocycles. The van der Waals surface area contributed by atoms with Gasteiger partial charge in [-0.05, 0) is 51.0 Å². The fourth-order valence-electron chi connectivity index (χ4n) is 3.62. The zero-order valence-electron chi connectivity index (χ0n) is 17.8. The molecule has 2 aromatic carbocycles. The lowest BCUT2D eigenvalue weighted by Gasteiger charge is -2.32. The van der Waals surface area contributed by atoms with Crippen LogP contribution in [0, 0.1) is 12.8 Å². The molecule has 5 nitrogen and oxygen atoms in total. The first-order chi connectivity index (χ1) is 13.8. The van der Waals surface area contributed by atoms with Crippen LogP contribution in [0.3, 0.4) is 0 Å². The smallest absolute Gasteiger partial charge is 0.261 e. The quantitative estimate of drug-likeness (QED) is 0.618. The summed E-state index contributed by atoms with van der Waals surface area (Å²) in [6, 6.07) is 14.7. The molecule has 0 spiro atoms. The van der Waals surface area contributed by atoms with Gasteiger partial charge in [-0.15, -0.1) is 0 Å². The van der Waals surface area contributed by atoms with Crippen LogP contribution in [0.25, 0.3) is 10.9 Å². The SMILES string of the molecule is CCn1c(C(C)N(CC(C)C)C(=O)c2ccc(C)cc2)nc2ccccc2c1=O. The minimum absolute atomic E-state index is 0.0451. The molecular weight excluding hydrogens is 362 g/mol. The summed E-state index contributed by atoms with van der Waals surface area (Å²) in [6.07, 6.45) is 0. The Balaban J connectivity index is 2.10. The number of carbonyl (C=O) groups is 1. The zero-order valence-corrected chi connectivity index (χ0v) is 17.8. The number of fused-ring (bicyclic) bond motifs is 1. The van der Waals surface area contributed by atoms with Crippen LogP contribution in [0.1, 0.15) is 55.5 Å². The summed E-state index contributed by atoms with van der Waals surface area (Å²) in [5.41, 5.74) is 2.36.